The fourth-order valence-electron chi connectivity index (χ4n) is 2.08. The van der Waals surface area contributed by atoms with Crippen LogP contribution in [0.15, 0.2) is 23.1 Å². The summed E-state index contributed by atoms with van der Waals surface area (Å²) in [6.45, 7) is 4.44. The molecule has 0 amide bonds. The molecule has 0 saturated heterocycles. The minimum absolute atomic E-state index is 0.139. The van der Waals surface area contributed by atoms with Gasteiger partial charge in [0.05, 0.1) is 11.5 Å². The van der Waals surface area contributed by atoms with Crippen LogP contribution in [0.25, 0.3) is 0 Å². The molecule has 1 atom stereocenters. The predicted molar refractivity (Wildman–Crippen MR) is 84.7 cm³/mol. The zero-order chi connectivity index (χ0) is 16.0. The highest BCUT2D eigenvalue weighted by Crippen LogP contribution is 2.19. The normalized spacial score (nSPS) is 13.6. The fourth-order valence-corrected chi connectivity index (χ4v) is 3.72. The third-order valence-corrected chi connectivity index (χ3v) is 5.02. The first-order valence-electron chi connectivity index (χ1n) is 7.19. The van der Waals surface area contributed by atoms with E-state index in [0.717, 1.165) is 18.5 Å². The maximum Gasteiger partial charge on any atom is 0.241 e. The van der Waals surface area contributed by atoms with Crippen molar-refractivity contribution in [2.75, 3.05) is 20.6 Å². The number of hydrogen-bond acceptors (Lipinski definition) is 4. The lowest BCUT2D eigenvalue weighted by Crippen LogP contribution is -2.35. The van der Waals surface area contributed by atoms with Gasteiger partial charge in [-0.05, 0) is 57.6 Å². The molecule has 0 radical (unpaired) electrons. The summed E-state index contributed by atoms with van der Waals surface area (Å²) in [5.41, 5.74) is 1.37. The molecule has 21 heavy (non-hydrogen) atoms. The van der Waals surface area contributed by atoms with Gasteiger partial charge in [-0.2, -0.15) is 0 Å². The van der Waals surface area contributed by atoms with Gasteiger partial charge in [0.1, 0.15) is 0 Å². The Morgan fingerprint density at radius 3 is 2.52 bits per heavy atom. The number of nitrogens with one attached hydrogen (secondary N) is 1. The second-order valence-electron chi connectivity index (χ2n) is 5.57. The second-order valence-corrected chi connectivity index (χ2v) is 7.25. The number of hydrogen-bond donors (Lipinski definition) is 2. The Hall–Kier alpha value is -0.950. The van der Waals surface area contributed by atoms with Crippen LogP contribution in [0, 0.1) is 0 Å². The van der Waals surface area contributed by atoms with Crippen molar-refractivity contribution in [3.63, 3.8) is 0 Å². The summed E-state index contributed by atoms with van der Waals surface area (Å²) in [5.74, 6) is 0. The van der Waals surface area contributed by atoms with Crippen molar-refractivity contribution in [1.82, 2.24) is 9.62 Å². The van der Waals surface area contributed by atoms with Gasteiger partial charge in [-0.25, -0.2) is 13.1 Å². The summed E-state index contributed by atoms with van der Waals surface area (Å²) in [7, 11) is 0.357. The van der Waals surface area contributed by atoms with E-state index in [1.807, 2.05) is 32.8 Å². The van der Waals surface area contributed by atoms with E-state index in [1.54, 1.807) is 18.2 Å². The molecule has 0 saturated carbocycles. The van der Waals surface area contributed by atoms with Gasteiger partial charge in [-0.15, -0.1) is 0 Å². The van der Waals surface area contributed by atoms with E-state index in [0.29, 0.717) is 12.0 Å². The average molecular weight is 314 g/mol. The number of sulfonamides is 1. The second kappa shape index (κ2) is 7.89. The van der Waals surface area contributed by atoms with E-state index in [9.17, 15) is 13.5 Å². The van der Waals surface area contributed by atoms with Crippen LogP contribution in [0.3, 0.4) is 0 Å². The minimum atomic E-state index is -3.56. The lowest BCUT2D eigenvalue weighted by Gasteiger charge is -2.18. The summed E-state index contributed by atoms with van der Waals surface area (Å²) in [4.78, 5) is 2.29. The van der Waals surface area contributed by atoms with Gasteiger partial charge in [-0.3, -0.25) is 0 Å². The van der Waals surface area contributed by atoms with Crippen molar-refractivity contribution < 1.29 is 13.5 Å². The largest absolute Gasteiger partial charge is 0.392 e. The van der Waals surface area contributed by atoms with Crippen LogP contribution in [0.1, 0.15) is 31.4 Å². The molecule has 1 aromatic rings. The standard InChI is InChI=1S/C15H26N2O3S/c1-5-14-7-6-13(11-18)10-15(14)21(19,20)16-12(2)8-9-17(3)4/h6-7,10,12,16,18H,5,8-9,11H2,1-4H3. The monoisotopic (exact) mass is 314 g/mol. The molecular formula is C15H26N2O3S. The van der Waals surface area contributed by atoms with E-state index in [2.05, 4.69) is 4.72 Å². The molecule has 1 unspecified atom stereocenters. The van der Waals surface area contributed by atoms with Gasteiger partial charge in [0.2, 0.25) is 10.0 Å². The average Bonchev–Trinajstić information content (AvgIpc) is 2.44. The van der Waals surface area contributed by atoms with Gasteiger partial charge < -0.3 is 10.0 Å². The lowest BCUT2D eigenvalue weighted by atomic mass is 10.1. The molecule has 0 fully saturated rings. The van der Waals surface area contributed by atoms with Crippen LogP contribution in [0.2, 0.25) is 0 Å². The first-order chi connectivity index (χ1) is 9.80. The van der Waals surface area contributed by atoms with Crippen LogP contribution < -0.4 is 4.72 Å². The zero-order valence-electron chi connectivity index (χ0n) is 13.3. The number of nitrogens with zero attached hydrogens (tertiary/aromatic N) is 1. The van der Waals surface area contributed by atoms with Crippen molar-refractivity contribution in [2.24, 2.45) is 0 Å². The molecule has 0 spiro atoms. The molecule has 5 nitrogen and oxygen atoms in total. The first-order valence-corrected chi connectivity index (χ1v) is 8.68. The van der Waals surface area contributed by atoms with Crippen LogP contribution in [-0.4, -0.2) is 45.1 Å². The Kier molecular flexibility index (Phi) is 6.80. The molecule has 0 aliphatic rings. The fraction of sp³-hybridized carbons (Fsp3) is 0.600. The van der Waals surface area contributed by atoms with Gasteiger partial charge in [0.15, 0.2) is 0 Å². The van der Waals surface area contributed by atoms with Crippen molar-refractivity contribution in [3.05, 3.63) is 29.3 Å². The molecule has 0 aliphatic heterocycles. The van der Waals surface area contributed by atoms with Crippen molar-refractivity contribution >= 4 is 10.0 Å². The topological polar surface area (TPSA) is 69.6 Å². The highest BCUT2D eigenvalue weighted by atomic mass is 32.2. The molecule has 2 N–H and O–H groups in total. The summed E-state index contributed by atoms with van der Waals surface area (Å²) in [5, 5.41) is 9.20. The summed E-state index contributed by atoms with van der Waals surface area (Å²) >= 11 is 0. The number of benzene rings is 1. The van der Waals surface area contributed by atoms with Crippen LogP contribution >= 0.6 is 0 Å². The van der Waals surface area contributed by atoms with Crippen LogP contribution in [0.4, 0.5) is 0 Å². The molecule has 0 bridgehead atoms. The Morgan fingerprint density at radius 1 is 1.33 bits per heavy atom. The Labute approximate surface area is 128 Å². The number of aliphatic hydroxyl groups excluding tert-OH is 1. The van der Waals surface area contributed by atoms with Gasteiger partial charge in [-0.1, -0.05) is 19.1 Å². The van der Waals surface area contributed by atoms with Crippen molar-refractivity contribution in [3.8, 4) is 0 Å². The van der Waals surface area contributed by atoms with Crippen molar-refractivity contribution in [1.29, 1.82) is 0 Å². The number of rotatable bonds is 8. The smallest absolute Gasteiger partial charge is 0.241 e. The molecule has 0 aromatic heterocycles. The molecule has 1 rings (SSSR count). The Balaban J connectivity index is 2.96. The Morgan fingerprint density at radius 2 is 2.00 bits per heavy atom. The predicted octanol–water partition coefficient (Wildman–Crippen LogP) is 1.36. The molecule has 0 aliphatic carbocycles. The maximum atomic E-state index is 12.5. The van der Waals surface area contributed by atoms with Gasteiger partial charge >= 0.3 is 0 Å². The van der Waals surface area contributed by atoms with E-state index < -0.39 is 10.0 Å². The van der Waals surface area contributed by atoms with E-state index >= 15 is 0 Å². The molecule has 1 aromatic carbocycles. The van der Waals surface area contributed by atoms with Crippen LogP contribution in [0.5, 0.6) is 0 Å². The quantitative estimate of drug-likeness (QED) is 0.760. The minimum Gasteiger partial charge on any atom is -0.392 e. The third-order valence-electron chi connectivity index (χ3n) is 3.35. The molecule has 0 heterocycles. The molecule has 6 heteroatoms. The summed E-state index contributed by atoms with van der Waals surface area (Å²) in [6, 6.07) is 4.94. The summed E-state index contributed by atoms with van der Waals surface area (Å²) in [6.07, 6.45) is 1.38. The highest BCUT2D eigenvalue weighted by Gasteiger charge is 2.20. The van der Waals surface area contributed by atoms with E-state index in [4.69, 9.17) is 0 Å². The Bertz CT molecular complexity index is 556. The van der Waals surface area contributed by atoms with E-state index in [1.165, 1.54) is 0 Å². The lowest BCUT2D eigenvalue weighted by molar-refractivity contribution is 0.281. The van der Waals surface area contributed by atoms with Gasteiger partial charge in [0, 0.05) is 6.04 Å². The van der Waals surface area contributed by atoms with Gasteiger partial charge in [0.25, 0.3) is 0 Å². The third kappa shape index (κ3) is 5.39. The maximum absolute atomic E-state index is 12.5. The summed E-state index contributed by atoms with van der Waals surface area (Å²) < 4.78 is 27.8. The highest BCUT2D eigenvalue weighted by molar-refractivity contribution is 7.89. The van der Waals surface area contributed by atoms with Crippen LogP contribution in [-0.2, 0) is 23.1 Å². The number of aliphatic hydroxyl groups is 1. The number of aryl methyl sites for hydroxylation is 1. The zero-order valence-corrected chi connectivity index (χ0v) is 14.1. The molecular weight excluding hydrogens is 288 g/mol. The molecule has 120 valence electrons. The SMILES string of the molecule is CCc1ccc(CO)cc1S(=O)(=O)NC(C)CCN(C)C. The van der Waals surface area contributed by atoms with E-state index in [-0.39, 0.29) is 17.5 Å². The van der Waals surface area contributed by atoms with Crippen molar-refractivity contribution in [2.45, 2.75) is 44.2 Å². The first kappa shape index (κ1) is 18.1.